The Hall–Kier alpha value is -3.54. The van der Waals surface area contributed by atoms with Crippen molar-refractivity contribution in [3.05, 3.63) is 74.3 Å². The number of hydrogen-bond donors (Lipinski definition) is 0. The fourth-order valence-corrected chi connectivity index (χ4v) is 6.24. The van der Waals surface area contributed by atoms with E-state index < -0.39 is 31.8 Å². The van der Waals surface area contributed by atoms with Crippen molar-refractivity contribution in [1.29, 1.82) is 0 Å². The Morgan fingerprint density at radius 3 is 2.49 bits per heavy atom. The zero-order valence-electron chi connectivity index (χ0n) is 19.5. The SMILES string of the molecule is Cc1cc(Cn2c(=O)n(Cc3cnn(C)c3)c(=O)c3cc(S(=O)(=O)CC4(C)CC4)c(F)cc32)on1. The summed E-state index contributed by atoms with van der Waals surface area (Å²) in [4.78, 5) is 26.3. The van der Waals surface area contributed by atoms with Gasteiger partial charge in [0.25, 0.3) is 5.56 Å². The van der Waals surface area contributed by atoms with Gasteiger partial charge in [0.1, 0.15) is 10.7 Å². The molecule has 1 aromatic carbocycles. The molecule has 0 bridgehead atoms. The summed E-state index contributed by atoms with van der Waals surface area (Å²) >= 11 is 0. The van der Waals surface area contributed by atoms with Crippen LogP contribution in [0.1, 0.15) is 36.8 Å². The van der Waals surface area contributed by atoms with E-state index in [0.29, 0.717) is 17.0 Å². The molecule has 0 aliphatic heterocycles. The molecule has 1 aliphatic carbocycles. The molecule has 12 heteroatoms. The standard InChI is InChI=1S/C23H24FN5O5S/c1-14-6-16(34-26-14)12-28-19-8-18(24)20(35(32,33)13-23(2)4-5-23)7-17(19)21(30)29(22(28)31)11-15-9-25-27(3)10-15/h6-10H,4-5,11-13H2,1-3H3. The normalized spacial score (nSPS) is 15.1. The van der Waals surface area contributed by atoms with E-state index in [9.17, 15) is 18.0 Å². The fraction of sp³-hybridized carbons (Fsp3) is 0.391. The molecule has 0 amide bonds. The second-order valence-electron chi connectivity index (χ2n) is 9.59. The first-order valence-corrected chi connectivity index (χ1v) is 12.7. The summed E-state index contributed by atoms with van der Waals surface area (Å²) in [6.45, 7) is 3.34. The number of rotatable bonds is 7. The molecule has 0 spiro atoms. The number of fused-ring (bicyclic) bond motifs is 1. The Balaban J connectivity index is 1.73. The van der Waals surface area contributed by atoms with Crippen LogP contribution in [0.25, 0.3) is 10.9 Å². The molecule has 184 valence electrons. The minimum absolute atomic E-state index is 0.0226. The zero-order valence-corrected chi connectivity index (χ0v) is 20.3. The number of sulfone groups is 1. The molecule has 3 aromatic heterocycles. The first kappa shape index (κ1) is 23.2. The molecular formula is C23H24FN5O5S. The quantitative estimate of drug-likeness (QED) is 0.380. The van der Waals surface area contributed by atoms with Gasteiger partial charge in [-0.05, 0) is 37.3 Å². The van der Waals surface area contributed by atoms with Gasteiger partial charge < -0.3 is 4.52 Å². The molecule has 4 aromatic rings. The van der Waals surface area contributed by atoms with E-state index in [2.05, 4.69) is 10.3 Å². The summed E-state index contributed by atoms with van der Waals surface area (Å²) in [6, 6.07) is 3.62. The molecule has 1 fully saturated rings. The summed E-state index contributed by atoms with van der Waals surface area (Å²) < 4.78 is 50.2. The average molecular weight is 502 g/mol. The first-order chi connectivity index (χ1) is 16.5. The molecule has 0 atom stereocenters. The maximum Gasteiger partial charge on any atom is 0.332 e. The Morgan fingerprint density at radius 1 is 1.14 bits per heavy atom. The van der Waals surface area contributed by atoms with Crippen LogP contribution in [0.4, 0.5) is 4.39 Å². The minimum Gasteiger partial charge on any atom is -0.359 e. The molecule has 35 heavy (non-hydrogen) atoms. The van der Waals surface area contributed by atoms with Gasteiger partial charge in [-0.3, -0.25) is 18.6 Å². The molecule has 5 rings (SSSR count). The number of benzene rings is 1. The van der Waals surface area contributed by atoms with Crippen molar-refractivity contribution >= 4 is 20.7 Å². The van der Waals surface area contributed by atoms with Crippen molar-refractivity contribution in [2.75, 3.05) is 5.75 Å². The fourth-order valence-electron chi connectivity index (χ4n) is 4.23. The third-order valence-corrected chi connectivity index (χ3v) is 8.41. The molecule has 0 unspecified atom stereocenters. The third kappa shape index (κ3) is 4.33. The lowest BCUT2D eigenvalue weighted by molar-refractivity contribution is 0.371. The average Bonchev–Trinajstić information content (AvgIpc) is 3.14. The third-order valence-electron chi connectivity index (χ3n) is 6.35. The smallest absolute Gasteiger partial charge is 0.332 e. The van der Waals surface area contributed by atoms with Gasteiger partial charge in [0, 0.05) is 24.9 Å². The van der Waals surface area contributed by atoms with Crippen molar-refractivity contribution in [2.45, 2.75) is 44.7 Å². The highest BCUT2D eigenvalue weighted by Gasteiger charge is 2.42. The highest BCUT2D eigenvalue weighted by molar-refractivity contribution is 7.91. The van der Waals surface area contributed by atoms with Crippen LogP contribution < -0.4 is 11.2 Å². The van der Waals surface area contributed by atoms with Crippen LogP contribution in [-0.2, 0) is 30.0 Å². The number of nitrogens with zero attached hydrogens (tertiary/aromatic N) is 5. The molecule has 1 saturated carbocycles. The molecule has 0 saturated heterocycles. The lowest BCUT2D eigenvalue weighted by Gasteiger charge is -2.15. The molecule has 0 radical (unpaired) electrons. The summed E-state index contributed by atoms with van der Waals surface area (Å²) in [5.74, 6) is -0.882. The van der Waals surface area contributed by atoms with Gasteiger partial charge >= 0.3 is 5.69 Å². The molecule has 10 nitrogen and oxygen atoms in total. The summed E-state index contributed by atoms with van der Waals surface area (Å²) in [5.41, 5.74) is -0.623. The van der Waals surface area contributed by atoms with Crippen LogP contribution in [-0.4, -0.2) is 38.2 Å². The van der Waals surface area contributed by atoms with Gasteiger partial charge in [-0.15, -0.1) is 0 Å². The first-order valence-electron chi connectivity index (χ1n) is 11.1. The van der Waals surface area contributed by atoms with Crippen molar-refractivity contribution in [3.8, 4) is 0 Å². The summed E-state index contributed by atoms with van der Waals surface area (Å²) in [5, 5.41) is 7.80. The zero-order chi connectivity index (χ0) is 25.1. The largest absolute Gasteiger partial charge is 0.359 e. The molecule has 0 N–H and O–H groups in total. The van der Waals surface area contributed by atoms with Crippen molar-refractivity contribution in [2.24, 2.45) is 12.5 Å². The number of hydrogen-bond acceptors (Lipinski definition) is 7. The van der Waals surface area contributed by atoms with Crippen LogP contribution in [0.15, 0.2) is 49.6 Å². The van der Waals surface area contributed by atoms with Crippen LogP contribution in [0.5, 0.6) is 0 Å². The summed E-state index contributed by atoms with van der Waals surface area (Å²) in [6.07, 6.45) is 4.68. The predicted octanol–water partition coefficient (Wildman–Crippen LogP) is 2.00. The van der Waals surface area contributed by atoms with Gasteiger partial charge in [0.15, 0.2) is 15.6 Å². The Bertz CT molecular complexity index is 1690. The van der Waals surface area contributed by atoms with Crippen LogP contribution >= 0.6 is 0 Å². The van der Waals surface area contributed by atoms with E-state index in [-0.39, 0.29) is 35.2 Å². The van der Waals surface area contributed by atoms with E-state index in [4.69, 9.17) is 4.52 Å². The minimum atomic E-state index is -3.99. The van der Waals surface area contributed by atoms with E-state index >= 15 is 4.39 Å². The van der Waals surface area contributed by atoms with Gasteiger partial charge in [0.2, 0.25) is 0 Å². The maximum absolute atomic E-state index is 15.2. The predicted molar refractivity (Wildman–Crippen MR) is 124 cm³/mol. The van der Waals surface area contributed by atoms with E-state index in [1.165, 1.54) is 15.4 Å². The van der Waals surface area contributed by atoms with Crippen LogP contribution in [0, 0.1) is 18.2 Å². The lowest BCUT2D eigenvalue weighted by Crippen LogP contribution is -2.40. The van der Waals surface area contributed by atoms with Gasteiger partial charge in [-0.1, -0.05) is 12.1 Å². The monoisotopic (exact) mass is 501 g/mol. The molecule has 1 aliphatic rings. The highest BCUT2D eigenvalue weighted by Crippen LogP contribution is 2.47. The Labute approximate surface area is 199 Å². The lowest BCUT2D eigenvalue weighted by atomic mass is 10.2. The molecule has 3 heterocycles. The number of aromatic nitrogens is 5. The second-order valence-corrected chi connectivity index (χ2v) is 11.5. The van der Waals surface area contributed by atoms with E-state index in [1.54, 1.807) is 26.2 Å². The van der Waals surface area contributed by atoms with Crippen molar-refractivity contribution < 1.29 is 17.3 Å². The van der Waals surface area contributed by atoms with Crippen molar-refractivity contribution in [1.82, 2.24) is 24.1 Å². The van der Waals surface area contributed by atoms with Crippen molar-refractivity contribution in [3.63, 3.8) is 0 Å². The number of aryl methyl sites for hydroxylation is 2. The van der Waals surface area contributed by atoms with E-state index in [1.807, 2.05) is 6.92 Å². The topological polar surface area (TPSA) is 122 Å². The maximum atomic E-state index is 15.2. The Kier molecular flexibility index (Phi) is 5.31. The Morgan fingerprint density at radius 2 is 1.89 bits per heavy atom. The van der Waals surface area contributed by atoms with Crippen LogP contribution in [0.3, 0.4) is 0 Å². The van der Waals surface area contributed by atoms with Gasteiger partial charge in [0.05, 0.1) is 41.6 Å². The highest BCUT2D eigenvalue weighted by atomic mass is 32.2. The van der Waals surface area contributed by atoms with E-state index in [0.717, 1.165) is 29.5 Å². The van der Waals surface area contributed by atoms with Gasteiger partial charge in [-0.25, -0.2) is 17.6 Å². The van der Waals surface area contributed by atoms with Gasteiger partial charge in [-0.2, -0.15) is 5.10 Å². The number of halogens is 1. The van der Waals surface area contributed by atoms with Crippen LogP contribution in [0.2, 0.25) is 0 Å². The second kappa shape index (κ2) is 8.01. The molecular weight excluding hydrogens is 477 g/mol. The summed E-state index contributed by atoms with van der Waals surface area (Å²) in [7, 11) is -2.29.